The van der Waals surface area contributed by atoms with Gasteiger partial charge in [0.15, 0.2) is 0 Å². The first-order valence-corrected chi connectivity index (χ1v) is 7.72. The first kappa shape index (κ1) is 14.9. The van der Waals surface area contributed by atoms with Gasteiger partial charge in [0.1, 0.15) is 6.26 Å². The third kappa shape index (κ3) is 3.77. The van der Waals surface area contributed by atoms with E-state index in [4.69, 9.17) is 27.6 Å². The summed E-state index contributed by atoms with van der Waals surface area (Å²) in [6, 6.07) is 5.81. The first-order valence-electron chi connectivity index (χ1n) is 6.97. The van der Waals surface area contributed by atoms with Crippen molar-refractivity contribution in [3.8, 4) is 11.5 Å². The van der Waals surface area contributed by atoms with Gasteiger partial charge in [0.2, 0.25) is 5.89 Å². The second-order valence-electron chi connectivity index (χ2n) is 5.39. The van der Waals surface area contributed by atoms with E-state index in [1.54, 1.807) is 24.5 Å². The predicted molar refractivity (Wildman–Crippen MR) is 84.7 cm³/mol. The summed E-state index contributed by atoms with van der Waals surface area (Å²) in [5.41, 5.74) is 1.72. The van der Waals surface area contributed by atoms with Crippen LogP contribution in [0.2, 0.25) is 10.0 Å². The van der Waals surface area contributed by atoms with E-state index in [0.29, 0.717) is 22.0 Å². The van der Waals surface area contributed by atoms with Crippen LogP contribution in [-0.4, -0.2) is 35.6 Å². The second kappa shape index (κ2) is 6.36. The molecule has 0 radical (unpaired) electrons. The molecule has 21 heavy (non-hydrogen) atoms. The van der Waals surface area contributed by atoms with Gasteiger partial charge in [-0.25, -0.2) is 4.98 Å². The highest BCUT2D eigenvalue weighted by Crippen LogP contribution is 2.27. The molecule has 0 aliphatic carbocycles. The van der Waals surface area contributed by atoms with E-state index in [9.17, 15) is 0 Å². The predicted octanol–water partition coefficient (Wildman–Crippen LogP) is 3.44. The second-order valence-corrected chi connectivity index (χ2v) is 6.27. The van der Waals surface area contributed by atoms with Crippen LogP contribution in [0.3, 0.4) is 0 Å². The van der Waals surface area contributed by atoms with E-state index in [2.05, 4.69) is 22.1 Å². The van der Waals surface area contributed by atoms with Crippen molar-refractivity contribution in [2.45, 2.75) is 19.5 Å². The van der Waals surface area contributed by atoms with Crippen LogP contribution in [0.1, 0.15) is 12.6 Å². The lowest BCUT2D eigenvalue weighted by atomic mass is 10.2. The molecular formula is C15H17Cl2N3O. The Kier molecular flexibility index (Phi) is 4.50. The summed E-state index contributed by atoms with van der Waals surface area (Å²) in [4.78, 5) is 6.90. The Labute approximate surface area is 134 Å². The van der Waals surface area contributed by atoms with Crippen LogP contribution in [0.25, 0.3) is 11.5 Å². The van der Waals surface area contributed by atoms with Crippen LogP contribution in [0, 0.1) is 0 Å². The van der Waals surface area contributed by atoms with Gasteiger partial charge in [-0.1, -0.05) is 23.2 Å². The van der Waals surface area contributed by atoms with Crippen LogP contribution in [0.5, 0.6) is 0 Å². The van der Waals surface area contributed by atoms with Crippen LogP contribution < -0.4 is 5.32 Å². The topological polar surface area (TPSA) is 41.3 Å². The van der Waals surface area contributed by atoms with Crippen molar-refractivity contribution in [2.75, 3.05) is 19.6 Å². The Morgan fingerprint density at radius 3 is 2.81 bits per heavy atom. The lowest BCUT2D eigenvalue weighted by Gasteiger charge is -2.31. The number of oxazole rings is 1. The highest BCUT2D eigenvalue weighted by atomic mass is 35.5. The third-order valence-corrected chi connectivity index (χ3v) is 3.94. The fourth-order valence-corrected chi connectivity index (χ4v) is 3.10. The Bertz CT molecular complexity index is 609. The summed E-state index contributed by atoms with van der Waals surface area (Å²) >= 11 is 12.0. The minimum absolute atomic E-state index is 0.511. The Morgan fingerprint density at radius 2 is 2.10 bits per heavy atom. The van der Waals surface area contributed by atoms with Gasteiger partial charge in [-0.3, -0.25) is 4.90 Å². The molecule has 1 saturated heterocycles. The van der Waals surface area contributed by atoms with Gasteiger partial charge in [0.25, 0.3) is 0 Å². The molecule has 1 aromatic carbocycles. The van der Waals surface area contributed by atoms with Crippen molar-refractivity contribution in [3.05, 3.63) is 40.2 Å². The number of hydrogen-bond acceptors (Lipinski definition) is 4. The zero-order valence-corrected chi connectivity index (χ0v) is 13.3. The summed E-state index contributed by atoms with van der Waals surface area (Å²) in [7, 11) is 0. The molecule has 112 valence electrons. The molecule has 1 aliphatic heterocycles. The van der Waals surface area contributed by atoms with Crippen molar-refractivity contribution in [2.24, 2.45) is 0 Å². The van der Waals surface area contributed by atoms with E-state index >= 15 is 0 Å². The Morgan fingerprint density at radius 1 is 1.33 bits per heavy atom. The van der Waals surface area contributed by atoms with E-state index < -0.39 is 0 Å². The number of nitrogens with one attached hydrogen (secondary N) is 1. The maximum Gasteiger partial charge on any atom is 0.226 e. The number of nitrogens with zero attached hydrogens (tertiary/aromatic N) is 2. The monoisotopic (exact) mass is 325 g/mol. The SMILES string of the molecule is CC1CN(Cc2coc(-c3cc(Cl)cc(Cl)c3)n2)CCN1. The number of hydrogen-bond donors (Lipinski definition) is 1. The van der Waals surface area contributed by atoms with Crippen molar-refractivity contribution < 1.29 is 4.42 Å². The number of aromatic nitrogens is 1. The molecule has 6 heteroatoms. The molecule has 0 spiro atoms. The summed E-state index contributed by atoms with van der Waals surface area (Å²) in [5, 5.41) is 4.58. The average molecular weight is 326 g/mol. The highest BCUT2D eigenvalue weighted by molar-refractivity contribution is 6.35. The number of halogens is 2. The quantitative estimate of drug-likeness (QED) is 0.938. The molecule has 1 unspecified atom stereocenters. The van der Waals surface area contributed by atoms with E-state index in [1.807, 2.05) is 0 Å². The molecule has 2 heterocycles. The maximum absolute atomic E-state index is 6.01. The van der Waals surface area contributed by atoms with Gasteiger partial charge in [0.05, 0.1) is 5.69 Å². The number of piperazine rings is 1. The fourth-order valence-electron chi connectivity index (χ4n) is 2.57. The minimum atomic E-state index is 0.511. The van der Waals surface area contributed by atoms with Crippen molar-refractivity contribution in [1.82, 2.24) is 15.2 Å². The van der Waals surface area contributed by atoms with Gasteiger partial charge < -0.3 is 9.73 Å². The van der Waals surface area contributed by atoms with Crippen LogP contribution in [0.4, 0.5) is 0 Å². The maximum atomic E-state index is 6.01. The third-order valence-electron chi connectivity index (χ3n) is 3.50. The van der Waals surface area contributed by atoms with E-state index in [1.165, 1.54) is 0 Å². The molecule has 3 rings (SSSR count). The van der Waals surface area contributed by atoms with Crippen LogP contribution in [-0.2, 0) is 6.54 Å². The zero-order chi connectivity index (χ0) is 14.8. The standard InChI is InChI=1S/C15H17Cl2N3O/c1-10-7-20(3-2-18-10)8-14-9-21-15(19-14)11-4-12(16)6-13(17)5-11/h4-6,9-10,18H,2-3,7-8H2,1H3. The molecule has 1 atom stereocenters. The summed E-state index contributed by atoms with van der Waals surface area (Å²) in [5.74, 6) is 0.553. The van der Waals surface area contributed by atoms with Gasteiger partial charge in [-0.15, -0.1) is 0 Å². The largest absolute Gasteiger partial charge is 0.444 e. The molecule has 1 aliphatic rings. The molecule has 2 aromatic rings. The lowest BCUT2D eigenvalue weighted by molar-refractivity contribution is 0.197. The molecular weight excluding hydrogens is 309 g/mol. The smallest absolute Gasteiger partial charge is 0.226 e. The van der Waals surface area contributed by atoms with Gasteiger partial charge in [-0.05, 0) is 25.1 Å². The number of benzene rings is 1. The van der Waals surface area contributed by atoms with Crippen molar-refractivity contribution in [1.29, 1.82) is 0 Å². The molecule has 0 bridgehead atoms. The lowest BCUT2D eigenvalue weighted by Crippen LogP contribution is -2.48. The Hall–Kier alpha value is -1.07. The van der Waals surface area contributed by atoms with E-state index in [-0.39, 0.29) is 0 Å². The summed E-state index contributed by atoms with van der Waals surface area (Å²) < 4.78 is 5.56. The molecule has 1 fully saturated rings. The highest BCUT2D eigenvalue weighted by Gasteiger charge is 2.17. The van der Waals surface area contributed by atoms with Gasteiger partial charge in [0, 0.05) is 47.8 Å². The Balaban J connectivity index is 1.73. The number of rotatable bonds is 3. The molecule has 0 saturated carbocycles. The average Bonchev–Trinajstić information content (AvgIpc) is 2.86. The minimum Gasteiger partial charge on any atom is -0.444 e. The zero-order valence-electron chi connectivity index (χ0n) is 11.8. The molecule has 1 N–H and O–H groups in total. The van der Waals surface area contributed by atoms with Crippen LogP contribution in [0.15, 0.2) is 28.9 Å². The summed E-state index contributed by atoms with van der Waals surface area (Å²) in [6.07, 6.45) is 1.71. The molecule has 0 amide bonds. The van der Waals surface area contributed by atoms with E-state index in [0.717, 1.165) is 37.4 Å². The molecule has 4 nitrogen and oxygen atoms in total. The molecule has 1 aromatic heterocycles. The van der Waals surface area contributed by atoms with Crippen molar-refractivity contribution in [3.63, 3.8) is 0 Å². The first-order chi connectivity index (χ1) is 10.1. The fraction of sp³-hybridized carbons (Fsp3) is 0.400. The van der Waals surface area contributed by atoms with Crippen LogP contribution >= 0.6 is 23.2 Å². The van der Waals surface area contributed by atoms with Gasteiger partial charge in [-0.2, -0.15) is 0 Å². The summed E-state index contributed by atoms with van der Waals surface area (Å²) in [6.45, 7) is 6.04. The normalized spacial score (nSPS) is 19.9. The van der Waals surface area contributed by atoms with Gasteiger partial charge >= 0.3 is 0 Å². The van der Waals surface area contributed by atoms with Crippen molar-refractivity contribution >= 4 is 23.2 Å².